The molecule has 0 unspecified atom stereocenters. The number of halogens is 1. The molecule has 4 heteroatoms. The Morgan fingerprint density at radius 1 is 1.64 bits per heavy atom. The molecule has 0 aromatic carbocycles. The fourth-order valence-corrected chi connectivity index (χ4v) is 2.02. The van der Waals surface area contributed by atoms with Crippen molar-refractivity contribution >= 4 is 17.3 Å². The van der Waals surface area contributed by atoms with Crippen molar-refractivity contribution in [3.05, 3.63) is 23.5 Å². The Labute approximate surface area is 88.9 Å². The van der Waals surface area contributed by atoms with Gasteiger partial charge in [-0.1, -0.05) is 11.6 Å². The van der Waals surface area contributed by atoms with Crippen molar-refractivity contribution in [1.29, 1.82) is 0 Å². The molecular formula is C10H14ClN3. The summed E-state index contributed by atoms with van der Waals surface area (Å²) in [7, 11) is 0. The van der Waals surface area contributed by atoms with Crippen molar-refractivity contribution in [3.8, 4) is 0 Å². The molecule has 14 heavy (non-hydrogen) atoms. The second kappa shape index (κ2) is 4.15. The van der Waals surface area contributed by atoms with Crippen molar-refractivity contribution in [3.63, 3.8) is 0 Å². The number of aromatic nitrogens is 1. The highest BCUT2D eigenvalue weighted by Gasteiger charge is 2.21. The van der Waals surface area contributed by atoms with E-state index in [1.54, 1.807) is 6.20 Å². The van der Waals surface area contributed by atoms with Crippen LogP contribution in [0.5, 0.6) is 0 Å². The van der Waals surface area contributed by atoms with Gasteiger partial charge < -0.3 is 10.6 Å². The lowest BCUT2D eigenvalue weighted by Gasteiger charge is -2.18. The van der Waals surface area contributed by atoms with Crippen LogP contribution in [0.2, 0.25) is 5.15 Å². The van der Waals surface area contributed by atoms with Crippen LogP contribution in [0.3, 0.4) is 0 Å². The molecule has 76 valence electrons. The van der Waals surface area contributed by atoms with E-state index in [-0.39, 0.29) is 0 Å². The van der Waals surface area contributed by atoms with Crippen molar-refractivity contribution in [1.82, 2.24) is 4.98 Å². The maximum absolute atomic E-state index is 5.83. The maximum Gasteiger partial charge on any atom is 0.131 e. The predicted octanol–water partition coefficient (Wildman–Crippen LogP) is 1.52. The third-order valence-electron chi connectivity index (χ3n) is 2.69. The fraction of sp³-hybridized carbons (Fsp3) is 0.500. The van der Waals surface area contributed by atoms with Crippen molar-refractivity contribution in [2.24, 2.45) is 11.7 Å². The molecule has 1 fully saturated rings. The fourth-order valence-electron chi connectivity index (χ4n) is 1.85. The minimum atomic E-state index is 0.554. The number of rotatable bonds is 2. The van der Waals surface area contributed by atoms with Gasteiger partial charge in [-0.05, 0) is 31.0 Å². The highest BCUT2D eigenvalue weighted by atomic mass is 35.5. The molecule has 2 N–H and O–H groups in total. The zero-order valence-corrected chi connectivity index (χ0v) is 8.74. The van der Waals surface area contributed by atoms with Gasteiger partial charge in [0.15, 0.2) is 0 Å². The van der Waals surface area contributed by atoms with Gasteiger partial charge in [0, 0.05) is 25.0 Å². The normalized spacial score (nSPS) is 21.6. The highest BCUT2D eigenvalue weighted by Crippen LogP contribution is 2.24. The van der Waals surface area contributed by atoms with Crippen LogP contribution in [0.25, 0.3) is 0 Å². The number of nitrogens with two attached hydrogens (primary N) is 1. The van der Waals surface area contributed by atoms with E-state index in [4.69, 9.17) is 17.3 Å². The lowest BCUT2D eigenvalue weighted by molar-refractivity contribution is 0.602. The Hall–Kier alpha value is -0.800. The van der Waals surface area contributed by atoms with E-state index in [1.807, 2.05) is 12.1 Å². The van der Waals surface area contributed by atoms with Crippen molar-refractivity contribution in [2.75, 3.05) is 24.5 Å². The summed E-state index contributed by atoms with van der Waals surface area (Å²) in [6, 6.07) is 3.89. The number of hydrogen-bond donors (Lipinski definition) is 1. The van der Waals surface area contributed by atoms with Crippen LogP contribution in [0, 0.1) is 5.92 Å². The van der Waals surface area contributed by atoms with Gasteiger partial charge in [0.1, 0.15) is 5.15 Å². The van der Waals surface area contributed by atoms with Crippen molar-refractivity contribution in [2.45, 2.75) is 6.42 Å². The first-order valence-electron chi connectivity index (χ1n) is 4.86. The third kappa shape index (κ3) is 1.99. The Balaban J connectivity index is 2.09. The molecule has 1 atom stereocenters. The number of nitrogens with zero attached hydrogens (tertiary/aromatic N) is 2. The molecule has 1 saturated heterocycles. The first-order chi connectivity index (χ1) is 6.79. The van der Waals surface area contributed by atoms with Gasteiger partial charge in [-0.15, -0.1) is 0 Å². The molecule has 1 aromatic rings. The monoisotopic (exact) mass is 211 g/mol. The molecule has 2 rings (SSSR count). The first kappa shape index (κ1) is 9.74. The summed E-state index contributed by atoms with van der Waals surface area (Å²) in [6.45, 7) is 2.88. The second-order valence-electron chi connectivity index (χ2n) is 3.67. The van der Waals surface area contributed by atoms with Crippen LogP contribution in [-0.4, -0.2) is 24.6 Å². The molecular weight excluding hydrogens is 198 g/mol. The smallest absolute Gasteiger partial charge is 0.131 e. The number of hydrogen-bond acceptors (Lipinski definition) is 3. The molecule has 0 spiro atoms. The molecule has 0 amide bonds. The summed E-state index contributed by atoms with van der Waals surface area (Å²) >= 11 is 5.83. The quantitative estimate of drug-likeness (QED) is 0.755. The van der Waals surface area contributed by atoms with Gasteiger partial charge in [-0.3, -0.25) is 0 Å². The van der Waals surface area contributed by atoms with Gasteiger partial charge in [0.05, 0.1) is 0 Å². The summed E-state index contributed by atoms with van der Waals surface area (Å²) in [4.78, 5) is 6.28. The molecule has 0 radical (unpaired) electrons. The Morgan fingerprint density at radius 3 is 3.14 bits per heavy atom. The summed E-state index contributed by atoms with van der Waals surface area (Å²) in [5.74, 6) is 0.627. The van der Waals surface area contributed by atoms with Crippen LogP contribution in [0.1, 0.15) is 6.42 Å². The topological polar surface area (TPSA) is 42.1 Å². The Kier molecular flexibility index (Phi) is 2.89. The minimum Gasteiger partial charge on any atom is -0.371 e. The standard InChI is InChI=1S/C10H14ClN3/c11-10-5-9(1-3-13-10)14-4-2-8(6-12)7-14/h1,3,5,8H,2,4,6-7,12H2/t8-/m1/s1. The minimum absolute atomic E-state index is 0.554. The Bertz CT molecular complexity index is 316. The SMILES string of the molecule is NC[C@H]1CCN(c2ccnc(Cl)c2)C1. The summed E-state index contributed by atoms with van der Waals surface area (Å²) in [5.41, 5.74) is 6.79. The zero-order valence-electron chi connectivity index (χ0n) is 7.99. The molecule has 0 aliphatic carbocycles. The number of pyridine rings is 1. The molecule has 2 heterocycles. The van der Waals surface area contributed by atoms with E-state index in [0.717, 1.165) is 25.3 Å². The van der Waals surface area contributed by atoms with E-state index >= 15 is 0 Å². The average Bonchev–Trinajstić information content (AvgIpc) is 2.66. The maximum atomic E-state index is 5.83. The second-order valence-corrected chi connectivity index (χ2v) is 4.06. The summed E-state index contributed by atoms with van der Waals surface area (Å²) in [6.07, 6.45) is 2.92. The molecule has 1 aliphatic heterocycles. The van der Waals surface area contributed by atoms with Crippen LogP contribution >= 0.6 is 11.6 Å². The summed E-state index contributed by atoms with van der Waals surface area (Å²) in [5, 5.41) is 0.554. The third-order valence-corrected chi connectivity index (χ3v) is 2.90. The van der Waals surface area contributed by atoms with Gasteiger partial charge >= 0.3 is 0 Å². The van der Waals surface area contributed by atoms with E-state index in [1.165, 1.54) is 6.42 Å². The summed E-state index contributed by atoms with van der Waals surface area (Å²) < 4.78 is 0. The molecule has 3 nitrogen and oxygen atoms in total. The zero-order chi connectivity index (χ0) is 9.97. The van der Waals surface area contributed by atoms with Crippen molar-refractivity contribution < 1.29 is 0 Å². The molecule has 0 saturated carbocycles. The lowest BCUT2D eigenvalue weighted by Crippen LogP contribution is -2.22. The van der Waals surface area contributed by atoms with E-state index in [0.29, 0.717) is 11.1 Å². The van der Waals surface area contributed by atoms with Crippen LogP contribution in [0.4, 0.5) is 5.69 Å². The predicted molar refractivity (Wildman–Crippen MR) is 58.6 cm³/mol. The van der Waals surface area contributed by atoms with E-state index < -0.39 is 0 Å². The molecule has 0 bridgehead atoms. The van der Waals surface area contributed by atoms with Crippen LogP contribution in [0.15, 0.2) is 18.3 Å². The van der Waals surface area contributed by atoms with Gasteiger partial charge in [0.25, 0.3) is 0 Å². The Morgan fingerprint density at radius 2 is 2.50 bits per heavy atom. The van der Waals surface area contributed by atoms with Crippen LogP contribution < -0.4 is 10.6 Å². The first-order valence-corrected chi connectivity index (χ1v) is 5.24. The van der Waals surface area contributed by atoms with Gasteiger partial charge in [0.2, 0.25) is 0 Å². The van der Waals surface area contributed by atoms with Gasteiger partial charge in [-0.2, -0.15) is 0 Å². The average molecular weight is 212 g/mol. The molecule has 1 aromatic heterocycles. The largest absolute Gasteiger partial charge is 0.371 e. The highest BCUT2D eigenvalue weighted by molar-refractivity contribution is 6.29. The van der Waals surface area contributed by atoms with E-state index in [9.17, 15) is 0 Å². The lowest BCUT2D eigenvalue weighted by atomic mass is 10.1. The van der Waals surface area contributed by atoms with E-state index in [2.05, 4.69) is 9.88 Å². The van der Waals surface area contributed by atoms with Gasteiger partial charge in [-0.25, -0.2) is 4.98 Å². The molecule has 1 aliphatic rings. The van der Waals surface area contributed by atoms with Crippen LogP contribution in [-0.2, 0) is 0 Å². The number of anilines is 1.